The van der Waals surface area contributed by atoms with Gasteiger partial charge in [-0.25, -0.2) is 14.4 Å². The van der Waals surface area contributed by atoms with Crippen LogP contribution in [-0.2, 0) is 0 Å². The Kier molecular flexibility index (Phi) is 4.00. The van der Waals surface area contributed by atoms with E-state index >= 15 is 0 Å². The largest absolute Gasteiger partial charge is 0.350 e. The summed E-state index contributed by atoms with van der Waals surface area (Å²) in [5, 5.41) is 0.829. The Morgan fingerprint density at radius 3 is 2.69 bits per heavy atom. The van der Waals surface area contributed by atoms with Gasteiger partial charge in [0.05, 0.1) is 32.2 Å². The van der Waals surface area contributed by atoms with E-state index < -0.39 is 0 Å². The highest BCUT2D eigenvalue weighted by molar-refractivity contribution is 6.08. The number of hydrogen-bond donors (Lipinski definition) is 2. The predicted molar refractivity (Wildman–Crippen MR) is 101 cm³/mol. The van der Waals surface area contributed by atoms with Crippen molar-refractivity contribution in [2.24, 2.45) is 0 Å². The van der Waals surface area contributed by atoms with Gasteiger partial charge in [-0.1, -0.05) is 6.42 Å². The number of H-pyrrole nitrogens is 1. The van der Waals surface area contributed by atoms with Gasteiger partial charge in [0.15, 0.2) is 5.82 Å². The number of quaternary nitrogens is 1. The zero-order chi connectivity index (χ0) is 17.5. The highest BCUT2D eigenvalue weighted by atomic mass is 19.1. The van der Waals surface area contributed by atoms with Gasteiger partial charge < -0.3 is 14.8 Å². The Balaban J connectivity index is 1.42. The van der Waals surface area contributed by atoms with Gasteiger partial charge in [-0.05, 0) is 43.9 Å². The second kappa shape index (κ2) is 6.50. The van der Waals surface area contributed by atoms with Gasteiger partial charge in [0.25, 0.3) is 0 Å². The van der Waals surface area contributed by atoms with Crippen LogP contribution in [0, 0.1) is 5.82 Å². The quantitative estimate of drug-likeness (QED) is 0.742. The molecule has 3 aromatic rings. The summed E-state index contributed by atoms with van der Waals surface area (Å²) in [6.07, 6.45) is 8.60. The predicted octanol–water partition coefficient (Wildman–Crippen LogP) is 2.29. The number of aromatic amines is 1. The lowest BCUT2D eigenvalue weighted by Crippen LogP contribution is -3.18. The van der Waals surface area contributed by atoms with Crippen LogP contribution in [0.25, 0.3) is 21.9 Å². The maximum atomic E-state index is 13.6. The summed E-state index contributed by atoms with van der Waals surface area (Å²) in [6.45, 7) is 4.37. The first kappa shape index (κ1) is 16.0. The molecule has 26 heavy (non-hydrogen) atoms. The van der Waals surface area contributed by atoms with Crippen molar-refractivity contribution in [1.82, 2.24) is 15.0 Å². The van der Waals surface area contributed by atoms with Crippen molar-refractivity contribution in [3.8, 4) is 0 Å². The molecule has 5 nitrogen and oxygen atoms in total. The molecule has 6 heteroatoms. The normalized spacial score (nSPS) is 20.3. The summed E-state index contributed by atoms with van der Waals surface area (Å²) in [5.41, 5.74) is 2.65. The number of nitrogens with zero attached hydrogens (tertiary/aromatic N) is 3. The van der Waals surface area contributed by atoms with E-state index in [1.807, 2.05) is 0 Å². The molecule has 1 saturated carbocycles. The third-order valence-corrected chi connectivity index (χ3v) is 6.21. The molecule has 0 bridgehead atoms. The smallest absolute Gasteiger partial charge is 0.156 e. The summed E-state index contributed by atoms with van der Waals surface area (Å²) in [5.74, 6) is 0.720. The van der Waals surface area contributed by atoms with Crippen LogP contribution in [-0.4, -0.2) is 47.2 Å². The summed E-state index contributed by atoms with van der Waals surface area (Å²) in [7, 11) is 0. The summed E-state index contributed by atoms with van der Waals surface area (Å²) < 4.78 is 13.6. The molecule has 0 spiro atoms. The monoisotopic (exact) mass is 354 g/mol. The van der Waals surface area contributed by atoms with Crippen molar-refractivity contribution in [3.63, 3.8) is 0 Å². The number of rotatable bonds is 2. The Bertz CT molecular complexity index is 922. The number of fused-ring (bicyclic) bond motifs is 3. The van der Waals surface area contributed by atoms with E-state index in [2.05, 4.69) is 19.9 Å². The van der Waals surface area contributed by atoms with Crippen molar-refractivity contribution in [2.75, 3.05) is 31.1 Å². The minimum Gasteiger partial charge on any atom is -0.350 e. The van der Waals surface area contributed by atoms with Crippen molar-refractivity contribution >= 4 is 27.8 Å². The fourth-order valence-electron chi connectivity index (χ4n) is 4.82. The zero-order valence-corrected chi connectivity index (χ0v) is 15.0. The molecule has 0 amide bonds. The molecular formula is C20H25FN5+. The Morgan fingerprint density at radius 1 is 1.08 bits per heavy atom. The van der Waals surface area contributed by atoms with Crippen molar-refractivity contribution in [1.29, 1.82) is 0 Å². The highest BCUT2D eigenvalue weighted by Gasteiger charge is 2.29. The molecule has 1 aliphatic carbocycles. The summed E-state index contributed by atoms with van der Waals surface area (Å²) in [4.78, 5) is 16.5. The Labute approximate surface area is 152 Å². The fraction of sp³-hybridized carbons (Fsp3) is 0.500. The first-order valence-electron chi connectivity index (χ1n) is 9.81. The number of benzene rings is 1. The fourth-order valence-corrected chi connectivity index (χ4v) is 4.82. The molecule has 2 aliphatic rings. The SMILES string of the molecule is Fc1ccc2[nH]c3c(N4CC[NH+](C5CCCCC5)CC4)ncnc3c2c1. The minimum atomic E-state index is -0.233. The lowest BCUT2D eigenvalue weighted by Gasteiger charge is -2.38. The van der Waals surface area contributed by atoms with Gasteiger partial charge in [0.1, 0.15) is 23.2 Å². The molecule has 2 N–H and O–H groups in total. The lowest BCUT2D eigenvalue weighted by atomic mass is 9.94. The van der Waals surface area contributed by atoms with Crippen LogP contribution in [0.4, 0.5) is 10.2 Å². The average molecular weight is 354 g/mol. The maximum absolute atomic E-state index is 13.6. The Hall–Kier alpha value is -2.21. The van der Waals surface area contributed by atoms with Crippen LogP contribution in [0.1, 0.15) is 32.1 Å². The molecular weight excluding hydrogens is 329 g/mol. The molecule has 0 radical (unpaired) electrons. The zero-order valence-electron chi connectivity index (χ0n) is 15.0. The van der Waals surface area contributed by atoms with Crippen molar-refractivity contribution in [2.45, 2.75) is 38.1 Å². The second-order valence-electron chi connectivity index (χ2n) is 7.72. The number of halogens is 1. The van der Waals surface area contributed by atoms with Crippen LogP contribution in [0.2, 0.25) is 0 Å². The molecule has 1 aliphatic heterocycles. The van der Waals surface area contributed by atoms with Crippen molar-refractivity contribution < 1.29 is 9.29 Å². The van der Waals surface area contributed by atoms with Gasteiger partial charge in [0, 0.05) is 10.9 Å². The Morgan fingerprint density at radius 2 is 1.88 bits per heavy atom. The standard InChI is InChI=1S/C20H24FN5/c21-14-6-7-17-16(12-14)18-19(24-17)20(23-13-22-18)26-10-8-25(9-11-26)15-4-2-1-3-5-15/h6-7,12-13,15,24H,1-5,8-11H2/p+1. The van der Waals surface area contributed by atoms with E-state index in [9.17, 15) is 4.39 Å². The second-order valence-corrected chi connectivity index (χ2v) is 7.72. The molecule has 5 rings (SSSR count). The van der Waals surface area contributed by atoms with E-state index in [1.165, 1.54) is 51.3 Å². The summed E-state index contributed by atoms with van der Waals surface area (Å²) >= 11 is 0. The molecule has 1 aromatic carbocycles. The van der Waals surface area contributed by atoms with Crippen LogP contribution < -0.4 is 9.80 Å². The van der Waals surface area contributed by atoms with Gasteiger partial charge in [0.2, 0.25) is 0 Å². The number of anilines is 1. The molecule has 1 saturated heterocycles. The van der Waals surface area contributed by atoms with Gasteiger partial charge in [-0.3, -0.25) is 0 Å². The molecule has 136 valence electrons. The number of nitrogens with one attached hydrogen (secondary N) is 2. The van der Waals surface area contributed by atoms with Crippen LogP contribution in [0.3, 0.4) is 0 Å². The third-order valence-electron chi connectivity index (χ3n) is 6.21. The molecule has 2 fully saturated rings. The van der Waals surface area contributed by atoms with E-state index in [-0.39, 0.29) is 5.82 Å². The molecule has 0 atom stereocenters. The van der Waals surface area contributed by atoms with E-state index in [0.717, 1.165) is 46.9 Å². The molecule has 3 heterocycles. The van der Waals surface area contributed by atoms with Gasteiger partial charge >= 0.3 is 0 Å². The number of aromatic nitrogens is 3. The molecule has 2 aromatic heterocycles. The summed E-state index contributed by atoms with van der Waals surface area (Å²) in [6, 6.07) is 5.67. The highest BCUT2D eigenvalue weighted by Crippen LogP contribution is 2.29. The average Bonchev–Trinajstić information content (AvgIpc) is 3.07. The van der Waals surface area contributed by atoms with Crippen LogP contribution >= 0.6 is 0 Å². The topological polar surface area (TPSA) is 49.2 Å². The first-order valence-corrected chi connectivity index (χ1v) is 9.81. The van der Waals surface area contributed by atoms with Gasteiger partial charge in [-0.2, -0.15) is 0 Å². The first-order chi connectivity index (χ1) is 12.8. The van der Waals surface area contributed by atoms with Crippen molar-refractivity contribution in [3.05, 3.63) is 30.3 Å². The van der Waals surface area contributed by atoms with E-state index in [4.69, 9.17) is 0 Å². The maximum Gasteiger partial charge on any atom is 0.156 e. The number of piperazine rings is 1. The lowest BCUT2D eigenvalue weighted by molar-refractivity contribution is -0.927. The number of hydrogen-bond acceptors (Lipinski definition) is 3. The van der Waals surface area contributed by atoms with Crippen LogP contribution in [0.15, 0.2) is 24.5 Å². The van der Waals surface area contributed by atoms with Crippen LogP contribution in [0.5, 0.6) is 0 Å². The third kappa shape index (κ3) is 2.72. The van der Waals surface area contributed by atoms with E-state index in [1.54, 1.807) is 23.4 Å². The molecule has 0 unspecified atom stereocenters. The van der Waals surface area contributed by atoms with E-state index in [0.29, 0.717) is 0 Å². The van der Waals surface area contributed by atoms with Gasteiger partial charge in [-0.15, -0.1) is 0 Å². The minimum absolute atomic E-state index is 0.233.